The van der Waals surface area contributed by atoms with Crippen LogP contribution in [0.15, 0.2) is 53.8 Å². The standard InChI is InChI=1S/C14H9N3O2/c18-9-12-14(10-4-2-1-3-5-10)15-13-7-6-11(16-19)8-17(12)13/h1-9H. The normalized spacial score (nSPS) is 10.5. The molecule has 3 aromatic rings. The van der Waals surface area contributed by atoms with E-state index in [1.165, 1.54) is 6.20 Å². The number of hydrogen-bond donors (Lipinski definition) is 0. The molecule has 0 radical (unpaired) electrons. The van der Waals surface area contributed by atoms with Crippen molar-refractivity contribution in [3.05, 3.63) is 59.3 Å². The Morgan fingerprint density at radius 2 is 1.89 bits per heavy atom. The Bertz CT molecular complexity index is 763. The third-order valence-corrected chi connectivity index (χ3v) is 2.90. The summed E-state index contributed by atoms with van der Waals surface area (Å²) in [5.41, 5.74) is 2.72. The van der Waals surface area contributed by atoms with E-state index < -0.39 is 0 Å². The first-order chi connectivity index (χ1) is 9.33. The zero-order valence-electron chi connectivity index (χ0n) is 9.85. The summed E-state index contributed by atoms with van der Waals surface area (Å²) in [7, 11) is 0. The quantitative estimate of drug-likeness (QED) is 0.530. The molecular formula is C14H9N3O2. The number of fused-ring (bicyclic) bond motifs is 1. The van der Waals surface area contributed by atoms with Crippen molar-refractivity contribution >= 4 is 17.6 Å². The van der Waals surface area contributed by atoms with E-state index in [4.69, 9.17) is 0 Å². The Hall–Kier alpha value is -2.82. The first-order valence-corrected chi connectivity index (χ1v) is 5.69. The van der Waals surface area contributed by atoms with Crippen LogP contribution in [0, 0.1) is 4.91 Å². The van der Waals surface area contributed by atoms with Gasteiger partial charge in [-0.15, -0.1) is 4.91 Å². The third-order valence-electron chi connectivity index (χ3n) is 2.90. The largest absolute Gasteiger partial charge is 0.296 e. The molecule has 0 amide bonds. The second-order valence-electron chi connectivity index (χ2n) is 4.04. The minimum absolute atomic E-state index is 0.257. The first kappa shape index (κ1) is 11.3. The van der Waals surface area contributed by atoms with E-state index in [9.17, 15) is 9.70 Å². The Kier molecular flexibility index (Phi) is 2.64. The lowest BCUT2D eigenvalue weighted by atomic mass is 10.1. The molecule has 5 heteroatoms. The van der Waals surface area contributed by atoms with Gasteiger partial charge in [0.05, 0.1) is 0 Å². The smallest absolute Gasteiger partial charge is 0.169 e. The van der Waals surface area contributed by atoms with Gasteiger partial charge in [0.25, 0.3) is 0 Å². The van der Waals surface area contributed by atoms with E-state index in [2.05, 4.69) is 10.2 Å². The van der Waals surface area contributed by atoms with E-state index >= 15 is 0 Å². The molecular weight excluding hydrogens is 242 g/mol. The summed E-state index contributed by atoms with van der Waals surface area (Å²) in [6.45, 7) is 0. The maximum Gasteiger partial charge on any atom is 0.169 e. The fraction of sp³-hybridized carbons (Fsp3) is 0. The highest BCUT2D eigenvalue weighted by molar-refractivity contribution is 5.86. The van der Waals surface area contributed by atoms with Crippen LogP contribution < -0.4 is 0 Å². The van der Waals surface area contributed by atoms with E-state index in [0.717, 1.165) is 11.8 Å². The molecule has 0 atom stereocenters. The zero-order chi connectivity index (χ0) is 13.2. The van der Waals surface area contributed by atoms with Crippen molar-refractivity contribution in [3.8, 4) is 11.3 Å². The Labute approximate surface area is 108 Å². The number of aromatic nitrogens is 2. The fourth-order valence-corrected chi connectivity index (χ4v) is 2.03. The average molecular weight is 251 g/mol. The molecule has 19 heavy (non-hydrogen) atoms. The molecule has 0 N–H and O–H groups in total. The molecule has 0 unspecified atom stereocenters. The molecule has 2 heterocycles. The second kappa shape index (κ2) is 4.45. The number of hydrogen-bond acceptors (Lipinski definition) is 4. The van der Waals surface area contributed by atoms with Crippen molar-refractivity contribution in [2.24, 2.45) is 5.18 Å². The van der Waals surface area contributed by atoms with Gasteiger partial charge in [-0.3, -0.25) is 9.20 Å². The van der Waals surface area contributed by atoms with Crippen LogP contribution in [0.2, 0.25) is 0 Å². The summed E-state index contributed by atoms with van der Waals surface area (Å²) in [6.07, 6.45) is 2.24. The van der Waals surface area contributed by atoms with Crippen molar-refractivity contribution in [2.45, 2.75) is 0 Å². The summed E-state index contributed by atoms with van der Waals surface area (Å²) >= 11 is 0. The van der Waals surface area contributed by atoms with Gasteiger partial charge >= 0.3 is 0 Å². The van der Waals surface area contributed by atoms with E-state index in [1.807, 2.05) is 30.3 Å². The van der Waals surface area contributed by atoms with Gasteiger partial charge in [-0.05, 0) is 17.3 Å². The Morgan fingerprint density at radius 3 is 2.58 bits per heavy atom. The minimum atomic E-state index is 0.257. The maximum absolute atomic E-state index is 11.3. The van der Waals surface area contributed by atoms with Gasteiger partial charge < -0.3 is 0 Å². The topological polar surface area (TPSA) is 63.8 Å². The Balaban J connectivity index is 2.32. The highest BCUT2D eigenvalue weighted by atomic mass is 16.3. The van der Waals surface area contributed by atoms with Gasteiger partial charge in [0.1, 0.15) is 22.7 Å². The van der Waals surface area contributed by atoms with E-state index in [1.54, 1.807) is 16.5 Å². The molecule has 2 aromatic heterocycles. The zero-order valence-corrected chi connectivity index (χ0v) is 9.85. The molecule has 0 aliphatic heterocycles. The van der Waals surface area contributed by atoms with Gasteiger partial charge in [-0.25, -0.2) is 4.98 Å². The monoisotopic (exact) mass is 251 g/mol. The predicted molar refractivity (Wildman–Crippen MR) is 71.5 cm³/mol. The second-order valence-corrected chi connectivity index (χ2v) is 4.04. The number of pyridine rings is 1. The van der Waals surface area contributed by atoms with Crippen molar-refractivity contribution in [3.63, 3.8) is 0 Å². The fourth-order valence-electron chi connectivity index (χ4n) is 2.03. The van der Waals surface area contributed by atoms with Crippen molar-refractivity contribution in [2.75, 3.05) is 0 Å². The highest BCUT2D eigenvalue weighted by Crippen LogP contribution is 2.24. The number of aldehydes is 1. The van der Waals surface area contributed by atoms with Crippen LogP contribution in [-0.2, 0) is 0 Å². The van der Waals surface area contributed by atoms with Crippen molar-refractivity contribution in [1.29, 1.82) is 0 Å². The molecule has 5 nitrogen and oxygen atoms in total. The lowest BCUT2D eigenvalue weighted by Gasteiger charge is -1.98. The summed E-state index contributed by atoms with van der Waals surface area (Å²) in [5.74, 6) is 0. The van der Waals surface area contributed by atoms with Crippen molar-refractivity contribution < 1.29 is 4.79 Å². The van der Waals surface area contributed by atoms with Gasteiger partial charge in [0, 0.05) is 11.8 Å². The number of carbonyl (C=O) groups is 1. The number of nitrogens with zero attached hydrogens (tertiary/aromatic N) is 3. The molecule has 0 aliphatic carbocycles. The SMILES string of the molecule is O=Cc1c(-c2ccccc2)nc2ccc(N=O)cn12. The molecule has 3 rings (SSSR count). The summed E-state index contributed by atoms with van der Waals surface area (Å²) in [4.78, 5) is 26.3. The predicted octanol–water partition coefficient (Wildman–Crippen LogP) is 3.21. The molecule has 92 valence electrons. The van der Waals surface area contributed by atoms with Crippen LogP contribution in [0.4, 0.5) is 5.69 Å². The van der Waals surface area contributed by atoms with Crippen LogP contribution in [0.5, 0.6) is 0 Å². The number of nitroso groups, excluding NO2 is 1. The van der Waals surface area contributed by atoms with Crippen LogP contribution in [-0.4, -0.2) is 15.7 Å². The number of imidazole rings is 1. The van der Waals surface area contributed by atoms with Crippen LogP contribution >= 0.6 is 0 Å². The van der Waals surface area contributed by atoms with Crippen LogP contribution in [0.25, 0.3) is 16.9 Å². The van der Waals surface area contributed by atoms with E-state index in [0.29, 0.717) is 17.0 Å². The summed E-state index contributed by atoms with van der Waals surface area (Å²) < 4.78 is 1.58. The first-order valence-electron chi connectivity index (χ1n) is 5.69. The number of carbonyl (C=O) groups excluding carboxylic acids is 1. The third kappa shape index (κ3) is 1.81. The average Bonchev–Trinajstić information content (AvgIpc) is 2.85. The van der Waals surface area contributed by atoms with Crippen molar-refractivity contribution in [1.82, 2.24) is 9.38 Å². The van der Waals surface area contributed by atoms with Gasteiger partial charge in [-0.1, -0.05) is 30.3 Å². The van der Waals surface area contributed by atoms with Crippen LogP contribution in [0.1, 0.15) is 10.5 Å². The molecule has 0 aliphatic rings. The number of benzene rings is 1. The van der Waals surface area contributed by atoms with Gasteiger partial charge in [0.15, 0.2) is 6.29 Å². The Morgan fingerprint density at radius 1 is 1.11 bits per heavy atom. The molecule has 1 aromatic carbocycles. The molecule has 0 saturated carbocycles. The lowest BCUT2D eigenvalue weighted by Crippen LogP contribution is -1.91. The molecule has 0 saturated heterocycles. The van der Waals surface area contributed by atoms with Gasteiger partial charge in [-0.2, -0.15) is 0 Å². The highest BCUT2D eigenvalue weighted by Gasteiger charge is 2.13. The summed E-state index contributed by atoms with van der Waals surface area (Å²) in [6, 6.07) is 12.7. The lowest BCUT2D eigenvalue weighted by molar-refractivity contribution is 0.111. The molecule has 0 bridgehead atoms. The van der Waals surface area contributed by atoms with Crippen LogP contribution in [0.3, 0.4) is 0 Å². The molecule has 0 fully saturated rings. The minimum Gasteiger partial charge on any atom is -0.296 e. The number of rotatable bonds is 3. The maximum atomic E-state index is 11.3. The summed E-state index contributed by atoms with van der Waals surface area (Å²) in [5, 5.41) is 2.86. The van der Waals surface area contributed by atoms with Gasteiger partial charge in [0.2, 0.25) is 0 Å². The molecule has 0 spiro atoms. The van der Waals surface area contributed by atoms with E-state index in [-0.39, 0.29) is 5.69 Å².